The summed E-state index contributed by atoms with van der Waals surface area (Å²) in [6.45, 7) is 9.55. The molecule has 0 amide bonds. The van der Waals surface area contributed by atoms with E-state index in [9.17, 15) is 0 Å². The number of piperazine rings is 1. The third-order valence-electron chi connectivity index (χ3n) is 5.54. The smallest absolute Gasteiger partial charge is 0.175 e. The zero-order valence-corrected chi connectivity index (χ0v) is 21.7. The minimum Gasteiger partial charge on any atom is -0.493 e. The van der Waals surface area contributed by atoms with Crippen molar-refractivity contribution >= 4 is 40.7 Å². The van der Waals surface area contributed by atoms with Gasteiger partial charge in [-0.05, 0) is 71.9 Å². The molecule has 4 nitrogen and oxygen atoms in total. The molecule has 1 saturated heterocycles. The summed E-state index contributed by atoms with van der Waals surface area (Å²) in [7, 11) is 1.70. The number of ether oxygens (including phenoxy) is 2. The highest BCUT2D eigenvalue weighted by Crippen LogP contribution is 2.36. The van der Waals surface area contributed by atoms with Gasteiger partial charge in [0.05, 0.1) is 18.2 Å². The molecule has 3 rings (SSSR count). The number of halogens is 3. The second kappa shape index (κ2) is 15.0. The second-order valence-corrected chi connectivity index (χ2v) is 8.42. The molecule has 1 heterocycles. The van der Waals surface area contributed by atoms with Crippen LogP contribution in [-0.4, -0.2) is 62.8 Å². The van der Waals surface area contributed by atoms with Crippen LogP contribution in [0.5, 0.6) is 11.5 Å². The monoisotopic (exact) mass is 532 g/mol. The van der Waals surface area contributed by atoms with Crippen LogP contribution in [-0.2, 0) is 12.8 Å². The lowest BCUT2D eigenvalue weighted by Gasteiger charge is -2.34. The van der Waals surface area contributed by atoms with E-state index in [0.29, 0.717) is 6.61 Å². The molecule has 0 aliphatic carbocycles. The van der Waals surface area contributed by atoms with Gasteiger partial charge in [-0.15, -0.1) is 24.8 Å². The molecule has 0 radical (unpaired) electrons. The van der Waals surface area contributed by atoms with Crippen LogP contribution in [0.25, 0.3) is 0 Å². The maximum atomic E-state index is 5.69. The van der Waals surface area contributed by atoms with Gasteiger partial charge in [0.1, 0.15) is 0 Å². The maximum Gasteiger partial charge on any atom is 0.175 e. The Morgan fingerprint density at radius 1 is 0.871 bits per heavy atom. The Balaban J connectivity index is 0.00000240. The molecule has 0 spiro atoms. The van der Waals surface area contributed by atoms with Crippen molar-refractivity contribution in [3.63, 3.8) is 0 Å². The summed E-state index contributed by atoms with van der Waals surface area (Å²) < 4.78 is 12.2. The number of benzene rings is 2. The molecule has 1 aliphatic heterocycles. The third-order valence-corrected chi connectivity index (χ3v) is 6.13. The summed E-state index contributed by atoms with van der Waals surface area (Å²) in [5.74, 6) is 1.60. The minimum atomic E-state index is 0. The summed E-state index contributed by atoms with van der Waals surface area (Å²) in [4.78, 5) is 5.18. The normalized spacial score (nSPS) is 14.4. The summed E-state index contributed by atoms with van der Waals surface area (Å²) >= 11 is 3.63. The molecule has 0 unspecified atom stereocenters. The Hall–Kier alpha value is -0.980. The molecular formula is C24H35BrCl2N2O2. The van der Waals surface area contributed by atoms with E-state index in [1.165, 1.54) is 43.6 Å². The van der Waals surface area contributed by atoms with E-state index >= 15 is 0 Å². The Morgan fingerprint density at radius 3 is 2.13 bits per heavy atom. The van der Waals surface area contributed by atoms with Gasteiger partial charge in [0.15, 0.2) is 11.5 Å². The third kappa shape index (κ3) is 8.82. The average Bonchev–Trinajstić information content (AvgIpc) is 2.75. The van der Waals surface area contributed by atoms with Crippen molar-refractivity contribution in [1.82, 2.24) is 9.80 Å². The molecular weight excluding hydrogens is 499 g/mol. The molecule has 0 saturated carbocycles. The quantitative estimate of drug-likeness (QED) is 0.403. The summed E-state index contributed by atoms with van der Waals surface area (Å²) in [6.07, 6.45) is 3.44. The molecule has 7 heteroatoms. The Morgan fingerprint density at radius 2 is 1.52 bits per heavy atom. The molecule has 0 aromatic heterocycles. The van der Waals surface area contributed by atoms with Crippen LogP contribution in [0.4, 0.5) is 0 Å². The maximum absolute atomic E-state index is 5.69. The molecule has 0 N–H and O–H groups in total. The highest BCUT2D eigenvalue weighted by molar-refractivity contribution is 9.10. The van der Waals surface area contributed by atoms with Crippen LogP contribution in [0.1, 0.15) is 24.5 Å². The van der Waals surface area contributed by atoms with Gasteiger partial charge in [-0.25, -0.2) is 0 Å². The number of rotatable bonds is 10. The Labute approximate surface area is 208 Å². The molecule has 31 heavy (non-hydrogen) atoms. The fourth-order valence-electron chi connectivity index (χ4n) is 3.88. The van der Waals surface area contributed by atoms with E-state index in [4.69, 9.17) is 9.47 Å². The van der Waals surface area contributed by atoms with E-state index in [0.717, 1.165) is 42.0 Å². The Kier molecular flexibility index (Phi) is 13.5. The van der Waals surface area contributed by atoms with E-state index in [2.05, 4.69) is 68.2 Å². The lowest BCUT2D eigenvalue weighted by atomic mass is 10.1. The van der Waals surface area contributed by atoms with E-state index in [1.807, 2.05) is 6.92 Å². The fraction of sp³-hybridized carbons (Fsp3) is 0.500. The van der Waals surface area contributed by atoms with Crippen molar-refractivity contribution in [1.29, 1.82) is 0 Å². The highest BCUT2D eigenvalue weighted by Gasteiger charge is 2.17. The van der Waals surface area contributed by atoms with Gasteiger partial charge >= 0.3 is 0 Å². The van der Waals surface area contributed by atoms with E-state index in [-0.39, 0.29) is 24.8 Å². The predicted octanol–water partition coefficient (Wildman–Crippen LogP) is 5.49. The van der Waals surface area contributed by atoms with Crippen LogP contribution in [0.15, 0.2) is 46.9 Å². The summed E-state index contributed by atoms with van der Waals surface area (Å²) in [5, 5.41) is 0. The topological polar surface area (TPSA) is 24.9 Å². The molecule has 0 bridgehead atoms. The molecule has 2 aromatic carbocycles. The van der Waals surface area contributed by atoms with Crippen molar-refractivity contribution in [3.8, 4) is 11.5 Å². The summed E-state index contributed by atoms with van der Waals surface area (Å²) in [5.41, 5.74) is 2.73. The van der Waals surface area contributed by atoms with Gasteiger partial charge in [-0.2, -0.15) is 0 Å². The predicted molar refractivity (Wildman–Crippen MR) is 138 cm³/mol. The van der Waals surface area contributed by atoms with Crippen molar-refractivity contribution in [2.45, 2.75) is 26.2 Å². The van der Waals surface area contributed by atoms with Crippen LogP contribution >= 0.6 is 40.7 Å². The molecule has 1 fully saturated rings. The van der Waals surface area contributed by atoms with Crippen molar-refractivity contribution in [2.75, 3.05) is 53.0 Å². The number of aryl methyl sites for hydroxylation is 1. The number of nitrogens with zero attached hydrogens (tertiary/aromatic N) is 2. The zero-order chi connectivity index (χ0) is 20.5. The minimum absolute atomic E-state index is 0. The van der Waals surface area contributed by atoms with Gasteiger partial charge in [-0.1, -0.05) is 30.3 Å². The average molecular weight is 534 g/mol. The first-order valence-electron chi connectivity index (χ1n) is 10.7. The SMILES string of the molecule is CCOc1c(Br)cc(CCN2CCN(CCCc3ccccc3)CC2)cc1OC.Cl.Cl. The second-order valence-electron chi connectivity index (χ2n) is 7.56. The molecule has 1 aliphatic rings. The highest BCUT2D eigenvalue weighted by atomic mass is 79.9. The number of hydrogen-bond acceptors (Lipinski definition) is 4. The van der Waals surface area contributed by atoms with Gasteiger partial charge in [0.25, 0.3) is 0 Å². The largest absolute Gasteiger partial charge is 0.493 e. The van der Waals surface area contributed by atoms with E-state index < -0.39 is 0 Å². The summed E-state index contributed by atoms with van der Waals surface area (Å²) in [6, 6.07) is 15.1. The number of methoxy groups -OCH3 is 1. The molecule has 174 valence electrons. The zero-order valence-electron chi connectivity index (χ0n) is 18.5. The van der Waals surface area contributed by atoms with Crippen LogP contribution in [0, 0.1) is 0 Å². The van der Waals surface area contributed by atoms with Crippen molar-refractivity contribution in [2.24, 2.45) is 0 Å². The van der Waals surface area contributed by atoms with Crippen molar-refractivity contribution < 1.29 is 9.47 Å². The first kappa shape index (κ1) is 28.1. The fourth-order valence-corrected chi connectivity index (χ4v) is 4.48. The van der Waals surface area contributed by atoms with Crippen molar-refractivity contribution in [3.05, 3.63) is 58.1 Å². The van der Waals surface area contributed by atoms with Crippen LogP contribution in [0.3, 0.4) is 0 Å². The van der Waals surface area contributed by atoms with Gasteiger partial charge in [-0.3, -0.25) is 0 Å². The molecule has 0 atom stereocenters. The molecule has 2 aromatic rings. The first-order valence-corrected chi connectivity index (χ1v) is 11.5. The van der Waals surface area contributed by atoms with E-state index in [1.54, 1.807) is 7.11 Å². The van der Waals surface area contributed by atoms with Gasteiger partial charge in [0, 0.05) is 32.7 Å². The van der Waals surface area contributed by atoms with Crippen LogP contribution < -0.4 is 9.47 Å². The standard InChI is InChI=1S/C24H33BrN2O2.2ClH/c1-3-29-24-22(25)18-21(19-23(24)28-2)11-13-27-16-14-26(15-17-27)12-7-10-20-8-5-4-6-9-20;;/h4-6,8-9,18-19H,3,7,10-17H2,1-2H3;2*1H. The van der Waals surface area contributed by atoms with Gasteiger partial charge < -0.3 is 19.3 Å². The number of hydrogen-bond donors (Lipinski definition) is 0. The lowest BCUT2D eigenvalue weighted by molar-refractivity contribution is 0.132. The van der Waals surface area contributed by atoms with Gasteiger partial charge in [0.2, 0.25) is 0 Å². The van der Waals surface area contributed by atoms with Crippen LogP contribution in [0.2, 0.25) is 0 Å². The first-order chi connectivity index (χ1) is 14.2. The Bertz CT molecular complexity index is 757. The lowest BCUT2D eigenvalue weighted by Crippen LogP contribution is -2.47.